The van der Waals surface area contributed by atoms with Gasteiger partial charge in [-0.2, -0.15) is 0 Å². The fraction of sp³-hybridized carbons (Fsp3) is 0.429. The Kier molecular flexibility index (Phi) is 3.47. The quantitative estimate of drug-likeness (QED) is 0.905. The summed E-state index contributed by atoms with van der Waals surface area (Å²) in [5.74, 6) is -0.222. The SMILES string of the molecule is C[C@H](N)c1nc2ccc(F)c(Cl)c2c(=O)n1C1CC1CO. The van der Waals surface area contributed by atoms with Crippen LogP contribution in [0.2, 0.25) is 5.02 Å². The number of hydrogen-bond acceptors (Lipinski definition) is 4. The van der Waals surface area contributed by atoms with E-state index in [4.69, 9.17) is 17.3 Å². The van der Waals surface area contributed by atoms with E-state index in [2.05, 4.69) is 4.98 Å². The Morgan fingerprint density at radius 3 is 2.90 bits per heavy atom. The number of aromatic nitrogens is 2. The summed E-state index contributed by atoms with van der Waals surface area (Å²) in [7, 11) is 0. The maximum Gasteiger partial charge on any atom is 0.263 e. The molecule has 0 spiro atoms. The minimum Gasteiger partial charge on any atom is -0.396 e. The average molecular weight is 312 g/mol. The molecule has 1 aromatic heterocycles. The molecule has 0 radical (unpaired) electrons. The van der Waals surface area contributed by atoms with Crippen LogP contribution in [0.1, 0.15) is 31.3 Å². The van der Waals surface area contributed by atoms with Crippen LogP contribution in [0.3, 0.4) is 0 Å². The molecule has 0 saturated heterocycles. The second-order valence-electron chi connectivity index (χ2n) is 5.44. The first-order chi connectivity index (χ1) is 9.95. The van der Waals surface area contributed by atoms with Crippen LogP contribution in [-0.2, 0) is 0 Å². The zero-order valence-corrected chi connectivity index (χ0v) is 12.1. The van der Waals surface area contributed by atoms with E-state index in [1.54, 1.807) is 6.92 Å². The molecule has 21 heavy (non-hydrogen) atoms. The van der Waals surface area contributed by atoms with Crippen molar-refractivity contribution in [1.82, 2.24) is 9.55 Å². The molecule has 0 amide bonds. The summed E-state index contributed by atoms with van der Waals surface area (Å²) in [5, 5.41) is 9.05. The second kappa shape index (κ2) is 5.05. The molecule has 5 nitrogen and oxygen atoms in total. The van der Waals surface area contributed by atoms with E-state index in [1.165, 1.54) is 16.7 Å². The molecule has 0 aliphatic heterocycles. The van der Waals surface area contributed by atoms with Gasteiger partial charge in [-0.15, -0.1) is 0 Å². The van der Waals surface area contributed by atoms with Crippen molar-refractivity contribution in [3.05, 3.63) is 39.2 Å². The van der Waals surface area contributed by atoms with Crippen molar-refractivity contribution in [1.29, 1.82) is 0 Å². The Labute approximate surface area is 125 Å². The highest BCUT2D eigenvalue weighted by Gasteiger charge is 2.41. The van der Waals surface area contributed by atoms with Gasteiger partial charge in [0.2, 0.25) is 0 Å². The lowest BCUT2D eigenvalue weighted by atomic mass is 10.2. The van der Waals surface area contributed by atoms with Gasteiger partial charge in [-0.3, -0.25) is 9.36 Å². The molecule has 1 aliphatic carbocycles. The van der Waals surface area contributed by atoms with E-state index >= 15 is 0 Å². The van der Waals surface area contributed by atoms with Crippen molar-refractivity contribution in [3.63, 3.8) is 0 Å². The van der Waals surface area contributed by atoms with Gasteiger partial charge < -0.3 is 10.8 Å². The number of benzene rings is 1. The lowest BCUT2D eigenvalue weighted by Gasteiger charge is -2.16. The molecule has 3 atom stereocenters. The van der Waals surface area contributed by atoms with Crippen molar-refractivity contribution in [3.8, 4) is 0 Å². The number of hydrogen-bond donors (Lipinski definition) is 2. The van der Waals surface area contributed by atoms with Gasteiger partial charge in [-0.25, -0.2) is 9.37 Å². The van der Waals surface area contributed by atoms with Gasteiger partial charge in [0, 0.05) is 18.6 Å². The molecular formula is C14H15ClFN3O2. The summed E-state index contributed by atoms with van der Waals surface area (Å²) in [6.07, 6.45) is 0.677. The van der Waals surface area contributed by atoms with Gasteiger partial charge >= 0.3 is 0 Å². The van der Waals surface area contributed by atoms with Gasteiger partial charge in [0.1, 0.15) is 11.6 Å². The van der Waals surface area contributed by atoms with Crippen molar-refractivity contribution in [2.45, 2.75) is 25.4 Å². The molecule has 1 aliphatic rings. The number of halogens is 2. The summed E-state index contributed by atoms with van der Waals surface area (Å²) in [4.78, 5) is 17.1. The molecule has 1 saturated carbocycles. The van der Waals surface area contributed by atoms with E-state index in [0.29, 0.717) is 17.8 Å². The number of aliphatic hydroxyl groups is 1. The molecule has 0 bridgehead atoms. The maximum atomic E-state index is 13.6. The molecule has 7 heteroatoms. The number of fused-ring (bicyclic) bond motifs is 1. The highest BCUT2D eigenvalue weighted by Crippen LogP contribution is 2.43. The van der Waals surface area contributed by atoms with Crippen LogP contribution in [0.5, 0.6) is 0 Å². The lowest BCUT2D eigenvalue weighted by molar-refractivity contribution is 0.267. The Morgan fingerprint density at radius 2 is 2.33 bits per heavy atom. The Balaban J connectivity index is 2.33. The standard InChI is InChI=1S/C14H15ClFN3O2/c1-6(17)13-18-9-3-2-8(16)12(15)11(9)14(21)19(13)10-4-7(10)5-20/h2-3,6-7,10,20H,4-5,17H2,1H3/t6-,7?,10?/m0/s1. The maximum absolute atomic E-state index is 13.6. The predicted molar refractivity (Wildman–Crippen MR) is 77.8 cm³/mol. The minimum absolute atomic E-state index is 0.00628. The first-order valence-corrected chi connectivity index (χ1v) is 7.10. The van der Waals surface area contributed by atoms with Crippen LogP contribution in [0.15, 0.2) is 16.9 Å². The Hall–Kier alpha value is -1.50. The van der Waals surface area contributed by atoms with E-state index in [1.807, 2.05) is 0 Å². The monoisotopic (exact) mass is 311 g/mol. The predicted octanol–water partition coefficient (Wildman–Crippen LogP) is 1.76. The number of nitrogens with two attached hydrogens (primary N) is 1. The summed E-state index contributed by atoms with van der Waals surface area (Å²) < 4.78 is 15.1. The molecule has 1 aromatic carbocycles. The summed E-state index contributed by atoms with van der Waals surface area (Å²) in [6.45, 7) is 1.72. The smallest absolute Gasteiger partial charge is 0.263 e. The van der Waals surface area contributed by atoms with E-state index < -0.39 is 17.4 Å². The molecular weight excluding hydrogens is 297 g/mol. The van der Waals surface area contributed by atoms with Gasteiger partial charge in [0.25, 0.3) is 5.56 Å². The molecule has 1 fully saturated rings. The van der Waals surface area contributed by atoms with Crippen LogP contribution >= 0.6 is 11.6 Å². The van der Waals surface area contributed by atoms with Gasteiger partial charge in [0.05, 0.1) is 22.0 Å². The summed E-state index contributed by atoms with van der Waals surface area (Å²) in [6, 6.07) is 2.00. The zero-order valence-electron chi connectivity index (χ0n) is 11.4. The second-order valence-corrected chi connectivity index (χ2v) is 5.81. The van der Waals surface area contributed by atoms with Crippen molar-refractivity contribution in [2.75, 3.05) is 6.61 Å². The first-order valence-electron chi connectivity index (χ1n) is 6.72. The van der Waals surface area contributed by atoms with E-state index in [9.17, 15) is 14.3 Å². The lowest BCUT2D eigenvalue weighted by Crippen LogP contribution is -2.29. The molecule has 3 rings (SSSR count). The molecule has 2 aromatic rings. The average Bonchev–Trinajstić information content (AvgIpc) is 3.21. The van der Waals surface area contributed by atoms with E-state index in [0.717, 1.165) is 0 Å². The van der Waals surface area contributed by atoms with E-state index in [-0.39, 0.29) is 29.0 Å². The third-order valence-electron chi connectivity index (χ3n) is 3.85. The molecule has 3 N–H and O–H groups in total. The first kappa shape index (κ1) is 14.4. The van der Waals surface area contributed by atoms with Gasteiger partial charge in [-0.05, 0) is 25.5 Å². The fourth-order valence-corrected chi connectivity index (χ4v) is 2.87. The molecule has 2 unspecified atom stereocenters. The van der Waals surface area contributed by atoms with Crippen molar-refractivity contribution in [2.24, 2.45) is 11.7 Å². The molecule has 1 heterocycles. The third kappa shape index (κ3) is 2.23. The van der Waals surface area contributed by atoms with Gasteiger partial charge in [-0.1, -0.05) is 11.6 Å². The van der Waals surface area contributed by atoms with Crippen LogP contribution < -0.4 is 11.3 Å². The molecule has 112 valence electrons. The van der Waals surface area contributed by atoms with Crippen molar-refractivity contribution < 1.29 is 9.50 Å². The third-order valence-corrected chi connectivity index (χ3v) is 4.22. The number of aliphatic hydroxyl groups excluding tert-OH is 1. The largest absolute Gasteiger partial charge is 0.396 e. The van der Waals surface area contributed by atoms with Crippen molar-refractivity contribution >= 4 is 22.5 Å². The van der Waals surface area contributed by atoms with Crippen LogP contribution in [0.4, 0.5) is 4.39 Å². The normalized spacial score (nSPS) is 22.5. The zero-order chi connectivity index (χ0) is 15.3. The summed E-state index contributed by atoms with van der Waals surface area (Å²) >= 11 is 5.92. The number of rotatable bonds is 3. The van der Waals surface area contributed by atoms with Gasteiger partial charge in [0.15, 0.2) is 0 Å². The fourth-order valence-electron chi connectivity index (χ4n) is 2.62. The Morgan fingerprint density at radius 1 is 1.62 bits per heavy atom. The topological polar surface area (TPSA) is 81.1 Å². The van der Waals surface area contributed by atoms with Crippen LogP contribution in [0, 0.1) is 11.7 Å². The number of nitrogens with zero attached hydrogens (tertiary/aromatic N) is 2. The Bertz CT molecular complexity index is 775. The minimum atomic E-state index is -0.655. The van der Waals surface area contributed by atoms with Crippen LogP contribution in [-0.4, -0.2) is 21.3 Å². The van der Waals surface area contributed by atoms with Crippen LogP contribution in [0.25, 0.3) is 10.9 Å². The summed E-state index contributed by atoms with van der Waals surface area (Å²) in [5.41, 5.74) is 5.83. The highest BCUT2D eigenvalue weighted by molar-refractivity contribution is 6.35. The highest BCUT2D eigenvalue weighted by atomic mass is 35.5.